The van der Waals surface area contributed by atoms with Gasteiger partial charge in [-0.3, -0.25) is 0 Å². The van der Waals surface area contributed by atoms with Crippen LogP contribution >= 0.6 is 31.9 Å². The highest BCUT2D eigenvalue weighted by atomic mass is 79.9. The average Bonchev–Trinajstić information content (AvgIpc) is 2.47. The summed E-state index contributed by atoms with van der Waals surface area (Å²) in [5.74, 6) is 1.43. The van der Waals surface area contributed by atoms with Gasteiger partial charge in [0.1, 0.15) is 0 Å². The number of rotatable bonds is 5. The fourth-order valence-electron chi connectivity index (χ4n) is 2.03. The molecule has 0 heterocycles. The molecule has 0 bridgehead atoms. The van der Waals surface area contributed by atoms with Gasteiger partial charge >= 0.3 is 0 Å². The number of nitrogens with one attached hydrogen (secondary N) is 1. The monoisotopic (exact) mass is 413 g/mol. The fourth-order valence-corrected chi connectivity index (χ4v) is 2.93. The van der Waals surface area contributed by atoms with Crippen molar-refractivity contribution in [2.45, 2.75) is 13.5 Å². The summed E-state index contributed by atoms with van der Waals surface area (Å²) in [5.41, 5.74) is 3.40. The van der Waals surface area contributed by atoms with Gasteiger partial charge in [-0.25, -0.2) is 0 Å². The number of hydrogen-bond donors (Lipinski definition) is 1. The van der Waals surface area contributed by atoms with Crippen LogP contribution in [-0.4, -0.2) is 14.2 Å². The smallest absolute Gasteiger partial charge is 0.174 e. The predicted molar refractivity (Wildman–Crippen MR) is 93.5 cm³/mol. The van der Waals surface area contributed by atoms with E-state index in [1.54, 1.807) is 14.2 Å². The zero-order valence-corrected chi connectivity index (χ0v) is 15.3. The minimum Gasteiger partial charge on any atom is -0.493 e. The summed E-state index contributed by atoms with van der Waals surface area (Å²) >= 11 is 7.01. The molecule has 0 atom stereocenters. The van der Waals surface area contributed by atoms with E-state index in [1.165, 1.54) is 5.56 Å². The number of hydrogen-bond acceptors (Lipinski definition) is 3. The molecule has 112 valence electrons. The van der Waals surface area contributed by atoms with Crippen molar-refractivity contribution in [3.63, 3.8) is 0 Å². The predicted octanol–water partition coefficient (Wildman–Crippen LogP) is 5.15. The lowest BCUT2D eigenvalue weighted by molar-refractivity contribution is 0.352. The molecule has 0 aliphatic rings. The third-order valence-corrected chi connectivity index (χ3v) is 4.63. The van der Waals surface area contributed by atoms with Gasteiger partial charge in [0.15, 0.2) is 11.5 Å². The van der Waals surface area contributed by atoms with E-state index >= 15 is 0 Å². The van der Waals surface area contributed by atoms with E-state index < -0.39 is 0 Å². The van der Waals surface area contributed by atoms with Crippen LogP contribution in [-0.2, 0) is 6.54 Å². The second-order valence-corrected chi connectivity index (χ2v) is 6.34. The molecule has 0 saturated carbocycles. The van der Waals surface area contributed by atoms with Crippen molar-refractivity contribution in [3.8, 4) is 11.5 Å². The zero-order chi connectivity index (χ0) is 15.4. The van der Waals surface area contributed by atoms with Crippen molar-refractivity contribution >= 4 is 37.5 Å². The summed E-state index contributed by atoms with van der Waals surface area (Å²) in [6, 6.07) is 10.2. The molecule has 2 aromatic carbocycles. The van der Waals surface area contributed by atoms with Crippen molar-refractivity contribution in [2.75, 3.05) is 19.5 Å². The van der Waals surface area contributed by atoms with E-state index in [4.69, 9.17) is 9.47 Å². The molecule has 2 rings (SSSR count). The van der Waals surface area contributed by atoms with Gasteiger partial charge in [-0.2, -0.15) is 0 Å². The van der Waals surface area contributed by atoms with E-state index in [0.29, 0.717) is 12.3 Å². The summed E-state index contributed by atoms with van der Waals surface area (Å²) < 4.78 is 12.7. The topological polar surface area (TPSA) is 30.5 Å². The van der Waals surface area contributed by atoms with Gasteiger partial charge < -0.3 is 14.8 Å². The summed E-state index contributed by atoms with van der Waals surface area (Å²) in [6.45, 7) is 2.78. The van der Waals surface area contributed by atoms with Gasteiger partial charge in [-0.15, -0.1) is 0 Å². The van der Waals surface area contributed by atoms with Gasteiger partial charge in [0.25, 0.3) is 0 Å². The molecule has 0 amide bonds. The van der Waals surface area contributed by atoms with Crippen molar-refractivity contribution in [3.05, 3.63) is 50.4 Å². The molecule has 0 radical (unpaired) electrons. The lowest BCUT2D eigenvalue weighted by Gasteiger charge is -2.13. The average molecular weight is 415 g/mol. The Hall–Kier alpha value is -1.20. The lowest BCUT2D eigenvalue weighted by atomic mass is 10.2. The normalized spacial score (nSPS) is 10.3. The van der Waals surface area contributed by atoms with Crippen LogP contribution in [0, 0.1) is 6.92 Å². The standard InChI is InChI=1S/C16H17Br2NO2/c1-10-6-12(4-5-13(10)17)19-9-11-7-14(18)16(21-3)15(8-11)20-2/h4-8,19H,9H2,1-3H3. The maximum absolute atomic E-state index is 5.36. The van der Waals surface area contributed by atoms with Crippen LogP contribution in [0.5, 0.6) is 11.5 Å². The Bertz CT molecular complexity index is 644. The Morgan fingerprint density at radius 3 is 2.38 bits per heavy atom. The molecule has 0 aromatic heterocycles. The molecule has 0 saturated heterocycles. The van der Waals surface area contributed by atoms with Crippen LogP contribution in [0.3, 0.4) is 0 Å². The van der Waals surface area contributed by atoms with E-state index in [1.807, 2.05) is 24.3 Å². The van der Waals surface area contributed by atoms with Gasteiger partial charge in [-0.1, -0.05) is 15.9 Å². The molecule has 5 heteroatoms. The van der Waals surface area contributed by atoms with Gasteiger partial charge in [0, 0.05) is 16.7 Å². The molecule has 1 N–H and O–H groups in total. The van der Waals surface area contributed by atoms with Crippen LogP contribution in [0.15, 0.2) is 39.3 Å². The minimum atomic E-state index is 0.708. The highest BCUT2D eigenvalue weighted by Crippen LogP contribution is 2.36. The highest BCUT2D eigenvalue weighted by Gasteiger charge is 2.10. The van der Waals surface area contributed by atoms with E-state index in [2.05, 4.69) is 50.2 Å². The first-order valence-electron chi connectivity index (χ1n) is 6.45. The molecule has 0 spiro atoms. The molecular weight excluding hydrogens is 398 g/mol. The first-order chi connectivity index (χ1) is 10.0. The van der Waals surface area contributed by atoms with Crippen molar-refractivity contribution in [2.24, 2.45) is 0 Å². The number of benzene rings is 2. The zero-order valence-electron chi connectivity index (χ0n) is 12.2. The van der Waals surface area contributed by atoms with Gasteiger partial charge in [0.2, 0.25) is 0 Å². The molecular formula is C16H17Br2NO2. The summed E-state index contributed by atoms with van der Waals surface area (Å²) in [5, 5.41) is 3.41. The first-order valence-corrected chi connectivity index (χ1v) is 8.04. The Morgan fingerprint density at radius 1 is 1.00 bits per heavy atom. The quantitative estimate of drug-likeness (QED) is 0.733. The van der Waals surface area contributed by atoms with E-state index in [-0.39, 0.29) is 0 Å². The number of methoxy groups -OCH3 is 2. The number of halogens is 2. The Morgan fingerprint density at radius 2 is 1.76 bits per heavy atom. The fraction of sp³-hybridized carbons (Fsp3) is 0.250. The third-order valence-electron chi connectivity index (χ3n) is 3.15. The van der Waals surface area contributed by atoms with Crippen LogP contribution < -0.4 is 14.8 Å². The molecule has 21 heavy (non-hydrogen) atoms. The number of aryl methyl sites for hydroxylation is 1. The summed E-state index contributed by atoms with van der Waals surface area (Å²) in [7, 11) is 3.27. The molecule has 0 unspecified atom stereocenters. The molecule has 2 aromatic rings. The largest absolute Gasteiger partial charge is 0.493 e. The summed E-state index contributed by atoms with van der Waals surface area (Å²) in [6.07, 6.45) is 0. The van der Waals surface area contributed by atoms with Gasteiger partial charge in [-0.05, 0) is 64.3 Å². The molecule has 0 aliphatic carbocycles. The summed E-state index contributed by atoms with van der Waals surface area (Å²) in [4.78, 5) is 0. The van der Waals surface area contributed by atoms with Crippen LogP contribution in [0.2, 0.25) is 0 Å². The third kappa shape index (κ3) is 3.92. The van der Waals surface area contributed by atoms with Crippen LogP contribution in [0.1, 0.15) is 11.1 Å². The highest BCUT2D eigenvalue weighted by molar-refractivity contribution is 9.10. The van der Waals surface area contributed by atoms with Crippen molar-refractivity contribution in [1.29, 1.82) is 0 Å². The Kier molecular flexibility index (Phi) is 5.53. The molecule has 3 nitrogen and oxygen atoms in total. The van der Waals surface area contributed by atoms with Crippen molar-refractivity contribution in [1.82, 2.24) is 0 Å². The Balaban J connectivity index is 2.16. The Labute approximate surface area is 141 Å². The minimum absolute atomic E-state index is 0.708. The maximum atomic E-state index is 5.36. The van der Waals surface area contributed by atoms with Crippen LogP contribution in [0.25, 0.3) is 0 Å². The van der Waals surface area contributed by atoms with Crippen LogP contribution in [0.4, 0.5) is 5.69 Å². The van der Waals surface area contributed by atoms with Gasteiger partial charge in [0.05, 0.1) is 18.7 Å². The first kappa shape index (κ1) is 16.2. The molecule has 0 aliphatic heterocycles. The lowest BCUT2D eigenvalue weighted by Crippen LogP contribution is -2.01. The SMILES string of the molecule is COc1cc(CNc2ccc(Br)c(C)c2)cc(Br)c1OC. The van der Waals surface area contributed by atoms with E-state index in [9.17, 15) is 0 Å². The van der Waals surface area contributed by atoms with E-state index in [0.717, 1.165) is 25.9 Å². The number of anilines is 1. The molecule has 0 fully saturated rings. The number of ether oxygens (including phenoxy) is 2. The second-order valence-electron chi connectivity index (χ2n) is 4.63. The van der Waals surface area contributed by atoms with Crippen molar-refractivity contribution < 1.29 is 9.47 Å². The second kappa shape index (κ2) is 7.18. The maximum Gasteiger partial charge on any atom is 0.174 e.